The van der Waals surface area contributed by atoms with Gasteiger partial charge in [-0.05, 0) is 36.5 Å². The normalized spacial score (nSPS) is 12.4. The van der Waals surface area contributed by atoms with Crippen LogP contribution in [0.3, 0.4) is 0 Å². The van der Waals surface area contributed by atoms with Crippen molar-refractivity contribution in [3.63, 3.8) is 0 Å². The fourth-order valence-electron chi connectivity index (χ4n) is 2.23. The first-order valence-corrected chi connectivity index (χ1v) is 7.16. The van der Waals surface area contributed by atoms with Gasteiger partial charge < -0.3 is 10.1 Å². The summed E-state index contributed by atoms with van der Waals surface area (Å²) in [5.74, 6) is -0.00726. The van der Waals surface area contributed by atoms with E-state index in [0.29, 0.717) is 5.56 Å². The molecular weight excluding hydrogens is 261 g/mol. The van der Waals surface area contributed by atoms with Gasteiger partial charge in [0.05, 0.1) is 13.2 Å². The molecule has 0 fully saturated rings. The lowest BCUT2D eigenvalue weighted by Crippen LogP contribution is -2.19. The molecule has 19 heavy (non-hydrogen) atoms. The zero-order valence-electron chi connectivity index (χ0n) is 11.4. The van der Waals surface area contributed by atoms with Crippen molar-refractivity contribution in [2.24, 2.45) is 0 Å². The minimum absolute atomic E-state index is 0.134. The Labute approximate surface area is 117 Å². The van der Waals surface area contributed by atoms with Gasteiger partial charge in [0.1, 0.15) is 0 Å². The second-order valence-electron chi connectivity index (χ2n) is 4.25. The van der Waals surface area contributed by atoms with Crippen molar-refractivity contribution < 1.29 is 9.13 Å². The average Bonchev–Trinajstić information content (AvgIpc) is 2.90. The van der Waals surface area contributed by atoms with Gasteiger partial charge in [-0.1, -0.05) is 19.1 Å². The molecule has 2 nitrogen and oxygen atoms in total. The molecule has 0 spiro atoms. The lowest BCUT2D eigenvalue weighted by atomic mass is 10.0. The Kier molecular flexibility index (Phi) is 4.56. The van der Waals surface area contributed by atoms with E-state index in [-0.39, 0.29) is 17.6 Å². The molecule has 0 saturated heterocycles. The summed E-state index contributed by atoms with van der Waals surface area (Å²) in [6, 6.07) is 7.23. The van der Waals surface area contributed by atoms with E-state index < -0.39 is 0 Å². The first kappa shape index (κ1) is 14.0. The van der Waals surface area contributed by atoms with Crippen LogP contribution in [0.4, 0.5) is 4.39 Å². The highest BCUT2D eigenvalue weighted by atomic mass is 32.1. The molecule has 0 radical (unpaired) electrons. The Morgan fingerprint density at radius 2 is 2.16 bits per heavy atom. The minimum Gasteiger partial charge on any atom is -0.494 e. The fourth-order valence-corrected chi connectivity index (χ4v) is 3.35. The summed E-state index contributed by atoms with van der Waals surface area (Å²) in [6.07, 6.45) is 0.947. The molecule has 1 heterocycles. The summed E-state index contributed by atoms with van der Waals surface area (Å²) in [6.45, 7) is 2.11. The first-order chi connectivity index (χ1) is 9.22. The molecule has 0 saturated carbocycles. The molecule has 2 aromatic rings. The van der Waals surface area contributed by atoms with E-state index in [4.69, 9.17) is 4.74 Å². The van der Waals surface area contributed by atoms with Crippen LogP contribution in [0.5, 0.6) is 5.75 Å². The molecule has 0 aliphatic rings. The number of hydrogen-bond donors (Lipinski definition) is 1. The number of thiophene rings is 1. The van der Waals surface area contributed by atoms with Crippen LogP contribution in [-0.4, -0.2) is 14.2 Å². The summed E-state index contributed by atoms with van der Waals surface area (Å²) in [5.41, 5.74) is 1.88. The molecule has 0 aliphatic carbocycles. The number of ether oxygens (including phenoxy) is 1. The van der Waals surface area contributed by atoms with Crippen LogP contribution in [0.25, 0.3) is 0 Å². The monoisotopic (exact) mass is 279 g/mol. The van der Waals surface area contributed by atoms with Crippen molar-refractivity contribution in [3.8, 4) is 5.75 Å². The standard InChI is InChI=1S/C15H18FNOS/c1-4-10-8-9-19-15(10)14(17-2)11-6-5-7-12(18-3)13(11)16/h5-9,14,17H,4H2,1-3H3. The maximum Gasteiger partial charge on any atom is 0.170 e. The Morgan fingerprint density at radius 1 is 1.37 bits per heavy atom. The third kappa shape index (κ3) is 2.65. The van der Waals surface area contributed by atoms with Gasteiger partial charge in [-0.15, -0.1) is 11.3 Å². The summed E-state index contributed by atoms with van der Waals surface area (Å²) >= 11 is 1.65. The molecule has 0 bridgehead atoms. The molecule has 4 heteroatoms. The number of nitrogens with one attached hydrogen (secondary N) is 1. The summed E-state index contributed by atoms with van der Waals surface area (Å²) in [4.78, 5) is 1.16. The van der Waals surface area contributed by atoms with Crippen molar-refractivity contribution in [1.29, 1.82) is 0 Å². The summed E-state index contributed by atoms with van der Waals surface area (Å²) < 4.78 is 19.4. The van der Waals surface area contributed by atoms with Crippen LogP contribution in [0.2, 0.25) is 0 Å². The predicted molar refractivity (Wildman–Crippen MR) is 77.6 cm³/mol. The van der Waals surface area contributed by atoms with Crippen molar-refractivity contribution in [2.45, 2.75) is 19.4 Å². The van der Waals surface area contributed by atoms with E-state index in [1.54, 1.807) is 23.5 Å². The van der Waals surface area contributed by atoms with Gasteiger partial charge in [0, 0.05) is 10.4 Å². The van der Waals surface area contributed by atoms with E-state index >= 15 is 0 Å². The molecule has 0 amide bonds. The largest absolute Gasteiger partial charge is 0.494 e. The molecule has 1 aromatic heterocycles. The highest BCUT2D eigenvalue weighted by molar-refractivity contribution is 7.10. The van der Waals surface area contributed by atoms with E-state index in [1.165, 1.54) is 12.7 Å². The van der Waals surface area contributed by atoms with Gasteiger partial charge in [0.2, 0.25) is 0 Å². The van der Waals surface area contributed by atoms with E-state index in [9.17, 15) is 4.39 Å². The van der Waals surface area contributed by atoms with Gasteiger partial charge in [-0.3, -0.25) is 0 Å². The number of methoxy groups -OCH3 is 1. The Balaban J connectivity index is 2.48. The van der Waals surface area contributed by atoms with Crippen molar-refractivity contribution in [3.05, 3.63) is 51.5 Å². The van der Waals surface area contributed by atoms with Crippen molar-refractivity contribution in [1.82, 2.24) is 5.32 Å². The predicted octanol–water partition coefficient (Wildman–Crippen LogP) is 3.77. The second kappa shape index (κ2) is 6.17. The fraction of sp³-hybridized carbons (Fsp3) is 0.333. The molecule has 0 aliphatic heterocycles. The maximum atomic E-state index is 14.4. The number of aryl methyl sites for hydroxylation is 1. The van der Waals surface area contributed by atoms with Gasteiger partial charge in [0.25, 0.3) is 0 Å². The first-order valence-electron chi connectivity index (χ1n) is 6.28. The zero-order valence-corrected chi connectivity index (χ0v) is 12.2. The van der Waals surface area contributed by atoms with Crippen molar-refractivity contribution in [2.75, 3.05) is 14.2 Å². The van der Waals surface area contributed by atoms with Crippen LogP contribution in [-0.2, 0) is 6.42 Å². The average molecular weight is 279 g/mol. The summed E-state index contributed by atoms with van der Waals surface area (Å²) in [5, 5.41) is 5.25. The quantitative estimate of drug-likeness (QED) is 0.899. The Morgan fingerprint density at radius 3 is 2.79 bits per heavy atom. The highest BCUT2D eigenvalue weighted by Crippen LogP contribution is 2.33. The molecule has 1 aromatic carbocycles. The molecule has 102 valence electrons. The third-order valence-corrected chi connectivity index (χ3v) is 4.26. The molecule has 1 N–H and O–H groups in total. The number of halogens is 1. The number of hydrogen-bond acceptors (Lipinski definition) is 3. The van der Waals surface area contributed by atoms with Crippen LogP contribution in [0, 0.1) is 5.82 Å². The Bertz CT molecular complexity index is 553. The second-order valence-corrected chi connectivity index (χ2v) is 5.20. The number of benzene rings is 1. The molecule has 1 atom stereocenters. The lowest BCUT2D eigenvalue weighted by molar-refractivity contribution is 0.382. The van der Waals surface area contributed by atoms with Gasteiger partial charge in [0.15, 0.2) is 11.6 Å². The lowest BCUT2D eigenvalue weighted by Gasteiger charge is -2.18. The van der Waals surface area contributed by atoms with Crippen molar-refractivity contribution >= 4 is 11.3 Å². The maximum absolute atomic E-state index is 14.4. The highest BCUT2D eigenvalue weighted by Gasteiger charge is 2.21. The minimum atomic E-state index is -0.292. The molecule has 2 rings (SSSR count). The van der Waals surface area contributed by atoms with Gasteiger partial charge in [-0.2, -0.15) is 0 Å². The van der Waals surface area contributed by atoms with Gasteiger partial charge >= 0.3 is 0 Å². The van der Waals surface area contributed by atoms with Crippen LogP contribution in [0.1, 0.15) is 29.0 Å². The topological polar surface area (TPSA) is 21.3 Å². The van der Waals surface area contributed by atoms with Crippen LogP contribution in [0.15, 0.2) is 29.6 Å². The van der Waals surface area contributed by atoms with E-state index in [1.807, 2.05) is 13.1 Å². The van der Waals surface area contributed by atoms with E-state index in [2.05, 4.69) is 23.7 Å². The van der Waals surface area contributed by atoms with E-state index in [0.717, 1.165) is 11.3 Å². The SMILES string of the molecule is CCc1ccsc1C(NC)c1cccc(OC)c1F. The third-order valence-electron chi connectivity index (χ3n) is 3.24. The molecule has 1 unspecified atom stereocenters. The summed E-state index contributed by atoms with van der Waals surface area (Å²) in [7, 11) is 3.34. The zero-order chi connectivity index (χ0) is 13.8. The smallest absolute Gasteiger partial charge is 0.170 e. The Hall–Kier alpha value is -1.39. The molecular formula is C15H18FNOS. The van der Waals surface area contributed by atoms with Crippen LogP contribution >= 0.6 is 11.3 Å². The van der Waals surface area contributed by atoms with Gasteiger partial charge in [-0.25, -0.2) is 4.39 Å². The number of rotatable bonds is 5. The van der Waals surface area contributed by atoms with Crippen LogP contribution < -0.4 is 10.1 Å².